The maximum Gasteiger partial charge on any atom is 0.162 e. The first-order valence-corrected chi connectivity index (χ1v) is 9.05. The quantitative estimate of drug-likeness (QED) is 0.431. The van der Waals surface area contributed by atoms with E-state index in [1.165, 1.54) is 12.7 Å². The summed E-state index contributed by atoms with van der Waals surface area (Å²) in [6, 6.07) is 27.1. The Labute approximate surface area is 162 Å². The average Bonchev–Trinajstić information content (AvgIpc) is 2.79. The molecule has 4 heteroatoms. The Morgan fingerprint density at radius 1 is 0.500 bits per heavy atom. The second-order valence-electron chi connectivity index (χ2n) is 6.54. The van der Waals surface area contributed by atoms with Gasteiger partial charge in [0.15, 0.2) is 5.82 Å². The van der Waals surface area contributed by atoms with E-state index in [-0.39, 0.29) is 0 Å². The summed E-state index contributed by atoms with van der Waals surface area (Å²) < 4.78 is 0. The number of pyridine rings is 1. The molecule has 0 N–H and O–H groups in total. The molecule has 0 atom stereocenters. The van der Waals surface area contributed by atoms with Gasteiger partial charge in [-0.05, 0) is 34.9 Å². The lowest BCUT2D eigenvalue weighted by molar-refractivity contribution is 1.06. The Hall–Kier alpha value is -3.92. The molecule has 5 aromatic rings. The van der Waals surface area contributed by atoms with Crippen LogP contribution in [0, 0.1) is 0 Å². The number of hydrogen-bond acceptors (Lipinski definition) is 4. The largest absolute Gasteiger partial charge is 0.256 e. The molecule has 0 spiro atoms. The highest BCUT2D eigenvalue weighted by Gasteiger charge is 2.05. The number of fused-ring (bicyclic) bond motifs is 1. The number of benzene rings is 3. The summed E-state index contributed by atoms with van der Waals surface area (Å²) in [6.45, 7) is 0. The van der Waals surface area contributed by atoms with Crippen molar-refractivity contribution >= 4 is 10.9 Å². The zero-order chi connectivity index (χ0) is 18.8. The number of hydrogen-bond donors (Lipinski definition) is 0. The van der Waals surface area contributed by atoms with E-state index in [2.05, 4.69) is 68.5 Å². The topological polar surface area (TPSA) is 51.6 Å². The van der Waals surface area contributed by atoms with Crippen LogP contribution in [0.15, 0.2) is 97.7 Å². The van der Waals surface area contributed by atoms with Crippen molar-refractivity contribution in [3.8, 4) is 33.6 Å². The first kappa shape index (κ1) is 16.3. The van der Waals surface area contributed by atoms with Gasteiger partial charge in [-0.3, -0.25) is 4.98 Å². The van der Waals surface area contributed by atoms with Gasteiger partial charge in [-0.2, -0.15) is 0 Å². The molecule has 3 aromatic carbocycles. The summed E-state index contributed by atoms with van der Waals surface area (Å²) in [5, 5.41) is 1.15. The Morgan fingerprint density at radius 2 is 1.21 bits per heavy atom. The van der Waals surface area contributed by atoms with Crippen LogP contribution in [-0.4, -0.2) is 19.9 Å². The van der Waals surface area contributed by atoms with E-state index < -0.39 is 0 Å². The van der Waals surface area contributed by atoms with Crippen molar-refractivity contribution in [2.75, 3.05) is 0 Å². The van der Waals surface area contributed by atoms with Gasteiger partial charge in [0.2, 0.25) is 0 Å². The van der Waals surface area contributed by atoms with Crippen molar-refractivity contribution < 1.29 is 0 Å². The minimum absolute atomic E-state index is 0.677. The van der Waals surface area contributed by atoms with Crippen molar-refractivity contribution in [1.29, 1.82) is 0 Å². The third-order valence-corrected chi connectivity index (χ3v) is 4.76. The van der Waals surface area contributed by atoms with Gasteiger partial charge in [0.05, 0.1) is 5.52 Å². The van der Waals surface area contributed by atoms with Gasteiger partial charge in [0.25, 0.3) is 0 Å². The summed E-state index contributed by atoms with van der Waals surface area (Å²) in [6.07, 6.45) is 4.96. The molecule has 0 saturated heterocycles. The molecule has 28 heavy (non-hydrogen) atoms. The zero-order valence-corrected chi connectivity index (χ0v) is 15.0. The SMILES string of the molecule is c1cc(-c2ccc(-c3cnc4ccccc4c3)cc2)cc(-c2ncncn2)c1. The van der Waals surface area contributed by atoms with Crippen LogP contribution >= 0.6 is 0 Å². The molecule has 2 aromatic heterocycles. The fraction of sp³-hybridized carbons (Fsp3) is 0. The predicted octanol–water partition coefficient (Wildman–Crippen LogP) is 5.42. The third-order valence-electron chi connectivity index (χ3n) is 4.76. The second-order valence-corrected chi connectivity index (χ2v) is 6.54. The van der Waals surface area contributed by atoms with Crippen LogP contribution in [0.5, 0.6) is 0 Å². The van der Waals surface area contributed by atoms with Gasteiger partial charge in [0, 0.05) is 22.7 Å². The molecule has 0 aliphatic rings. The lowest BCUT2D eigenvalue weighted by Gasteiger charge is -2.07. The molecular formula is C24H16N4. The lowest BCUT2D eigenvalue weighted by atomic mass is 9.99. The molecule has 0 amide bonds. The number of aromatic nitrogens is 4. The molecule has 0 saturated carbocycles. The van der Waals surface area contributed by atoms with Crippen LogP contribution in [-0.2, 0) is 0 Å². The molecule has 0 radical (unpaired) electrons. The maximum absolute atomic E-state index is 4.56. The molecule has 4 nitrogen and oxygen atoms in total. The molecule has 2 heterocycles. The lowest BCUT2D eigenvalue weighted by Crippen LogP contribution is -1.89. The van der Waals surface area contributed by atoms with Crippen LogP contribution in [0.1, 0.15) is 0 Å². The minimum atomic E-state index is 0.677. The van der Waals surface area contributed by atoms with Gasteiger partial charge in [-0.1, -0.05) is 60.7 Å². The summed E-state index contributed by atoms with van der Waals surface area (Å²) in [5.74, 6) is 0.677. The molecule has 5 rings (SSSR count). The maximum atomic E-state index is 4.56. The second kappa shape index (κ2) is 7.00. The number of rotatable bonds is 3. The minimum Gasteiger partial charge on any atom is -0.256 e. The van der Waals surface area contributed by atoms with Gasteiger partial charge < -0.3 is 0 Å². The van der Waals surface area contributed by atoms with Crippen LogP contribution in [0.4, 0.5) is 0 Å². The summed E-state index contributed by atoms with van der Waals surface area (Å²) in [5.41, 5.74) is 6.52. The van der Waals surface area contributed by atoms with Gasteiger partial charge >= 0.3 is 0 Å². The standard InChI is InChI=1S/C24H16N4/c1-2-7-23-20(4-1)13-22(14-26-23)18-10-8-17(9-11-18)19-5-3-6-21(12-19)24-27-15-25-16-28-24/h1-16H. The Bertz CT molecular complexity index is 1250. The van der Waals surface area contributed by atoms with E-state index >= 15 is 0 Å². The van der Waals surface area contributed by atoms with Crippen molar-refractivity contribution in [2.45, 2.75) is 0 Å². The monoisotopic (exact) mass is 360 g/mol. The Balaban J connectivity index is 1.48. The van der Waals surface area contributed by atoms with Gasteiger partial charge in [-0.15, -0.1) is 0 Å². The summed E-state index contributed by atoms with van der Waals surface area (Å²) in [4.78, 5) is 16.9. The van der Waals surface area contributed by atoms with E-state index in [4.69, 9.17) is 0 Å². The van der Waals surface area contributed by atoms with E-state index in [9.17, 15) is 0 Å². The normalized spacial score (nSPS) is 10.9. The fourth-order valence-corrected chi connectivity index (χ4v) is 3.31. The van der Waals surface area contributed by atoms with E-state index in [0.717, 1.165) is 38.7 Å². The molecule has 0 fully saturated rings. The first-order valence-electron chi connectivity index (χ1n) is 9.05. The highest BCUT2D eigenvalue weighted by atomic mass is 15.0. The molecule has 0 unspecified atom stereocenters. The summed E-state index contributed by atoms with van der Waals surface area (Å²) >= 11 is 0. The van der Waals surface area contributed by atoms with Crippen LogP contribution in [0.2, 0.25) is 0 Å². The van der Waals surface area contributed by atoms with Crippen molar-refractivity contribution in [2.24, 2.45) is 0 Å². The van der Waals surface area contributed by atoms with Crippen molar-refractivity contribution in [1.82, 2.24) is 19.9 Å². The molecule has 0 aliphatic carbocycles. The van der Waals surface area contributed by atoms with Gasteiger partial charge in [0.1, 0.15) is 12.7 Å². The molecule has 132 valence electrons. The highest BCUT2D eigenvalue weighted by molar-refractivity contribution is 5.84. The van der Waals surface area contributed by atoms with Crippen molar-refractivity contribution in [3.05, 3.63) is 97.7 Å². The van der Waals surface area contributed by atoms with Crippen LogP contribution in [0.25, 0.3) is 44.5 Å². The van der Waals surface area contributed by atoms with E-state index in [1.54, 1.807) is 0 Å². The molecule has 0 aliphatic heterocycles. The zero-order valence-electron chi connectivity index (χ0n) is 15.0. The third kappa shape index (κ3) is 3.12. The first-order chi connectivity index (χ1) is 13.9. The number of para-hydroxylation sites is 1. The van der Waals surface area contributed by atoms with E-state index in [1.807, 2.05) is 36.5 Å². The van der Waals surface area contributed by atoms with Crippen molar-refractivity contribution in [3.63, 3.8) is 0 Å². The smallest absolute Gasteiger partial charge is 0.162 e. The van der Waals surface area contributed by atoms with E-state index in [0.29, 0.717) is 5.82 Å². The highest BCUT2D eigenvalue weighted by Crippen LogP contribution is 2.28. The van der Waals surface area contributed by atoms with Crippen LogP contribution in [0.3, 0.4) is 0 Å². The Morgan fingerprint density at radius 3 is 2.04 bits per heavy atom. The fourth-order valence-electron chi connectivity index (χ4n) is 3.31. The van der Waals surface area contributed by atoms with Gasteiger partial charge in [-0.25, -0.2) is 15.0 Å². The predicted molar refractivity (Wildman–Crippen MR) is 111 cm³/mol. The number of nitrogens with zero attached hydrogens (tertiary/aromatic N) is 4. The summed E-state index contributed by atoms with van der Waals surface area (Å²) in [7, 11) is 0. The molecular weight excluding hydrogens is 344 g/mol. The van der Waals surface area contributed by atoms with Crippen LogP contribution < -0.4 is 0 Å². The average molecular weight is 360 g/mol. The molecule has 0 bridgehead atoms. The Kier molecular flexibility index (Phi) is 4.07.